The van der Waals surface area contributed by atoms with Crippen LogP contribution in [0.25, 0.3) is 0 Å². The number of hydrogen-bond acceptors (Lipinski definition) is 2. The van der Waals surface area contributed by atoms with E-state index in [1.807, 2.05) is 13.0 Å². The second-order valence-electron chi connectivity index (χ2n) is 5.92. The molecule has 0 aromatic heterocycles. The van der Waals surface area contributed by atoms with Crippen LogP contribution < -0.4 is 16.0 Å². The molecule has 0 heterocycles. The molecule has 24 heavy (non-hydrogen) atoms. The Morgan fingerprint density at radius 2 is 2.04 bits per heavy atom. The van der Waals surface area contributed by atoms with E-state index < -0.39 is 0 Å². The van der Waals surface area contributed by atoms with Crippen LogP contribution in [0.1, 0.15) is 31.7 Å². The molecule has 0 saturated heterocycles. The number of rotatable bonds is 7. The van der Waals surface area contributed by atoms with Crippen LogP contribution in [-0.2, 0) is 10.2 Å². The van der Waals surface area contributed by atoms with Crippen molar-refractivity contribution in [3.05, 3.63) is 34.3 Å². The van der Waals surface area contributed by atoms with Crippen LogP contribution in [0.4, 0.5) is 0 Å². The Labute approximate surface area is 169 Å². The minimum atomic E-state index is -0.0112. The zero-order valence-electron chi connectivity index (χ0n) is 14.2. The molecule has 1 fully saturated rings. The second-order valence-corrected chi connectivity index (χ2v) is 6.84. The number of benzene rings is 1. The van der Waals surface area contributed by atoms with Crippen LogP contribution in [-0.4, -0.2) is 38.5 Å². The normalized spacial score (nSPS) is 15.2. The summed E-state index contributed by atoms with van der Waals surface area (Å²) in [6.07, 6.45) is 3.28. The number of halogens is 2. The van der Waals surface area contributed by atoms with Crippen LogP contribution in [0.2, 0.25) is 0 Å². The molecular weight excluding hydrogens is 483 g/mol. The van der Waals surface area contributed by atoms with Crippen molar-refractivity contribution in [3.8, 4) is 0 Å². The van der Waals surface area contributed by atoms with E-state index in [0.717, 1.165) is 17.4 Å². The number of aliphatic imine (C=N–C) groups is 1. The lowest BCUT2D eigenvalue weighted by Crippen LogP contribution is -2.45. The largest absolute Gasteiger partial charge is 0.356 e. The maximum Gasteiger partial charge on any atom is 0.239 e. The van der Waals surface area contributed by atoms with E-state index >= 15 is 0 Å². The molecule has 134 valence electrons. The highest BCUT2D eigenvalue weighted by Crippen LogP contribution is 2.48. The molecule has 0 bridgehead atoms. The summed E-state index contributed by atoms with van der Waals surface area (Å²) in [5.41, 5.74) is 1.53. The van der Waals surface area contributed by atoms with Gasteiger partial charge in [-0.15, -0.1) is 24.0 Å². The minimum absolute atomic E-state index is 0. The fourth-order valence-corrected chi connectivity index (χ4v) is 2.90. The summed E-state index contributed by atoms with van der Waals surface area (Å²) in [6, 6.07) is 8.48. The number of nitrogens with zero attached hydrogens (tertiary/aromatic N) is 1. The van der Waals surface area contributed by atoms with Crippen molar-refractivity contribution in [1.29, 1.82) is 0 Å². The third-order valence-corrected chi connectivity index (χ3v) is 4.59. The highest BCUT2D eigenvalue weighted by Gasteiger charge is 2.44. The fourth-order valence-electron chi connectivity index (χ4n) is 2.50. The predicted octanol–water partition coefficient (Wildman–Crippen LogP) is 2.79. The first-order valence-corrected chi connectivity index (χ1v) is 8.86. The molecule has 1 saturated carbocycles. The van der Waals surface area contributed by atoms with Gasteiger partial charge in [0.1, 0.15) is 0 Å². The average molecular weight is 509 g/mol. The van der Waals surface area contributed by atoms with Crippen molar-refractivity contribution in [1.82, 2.24) is 16.0 Å². The van der Waals surface area contributed by atoms with Crippen molar-refractivity contribution >= 4 is 51.8 Å². The first-order chi connectivity index (χ1) is 11.1. The predicted molar refractivity (Wildman–Crippen MR) is 113 cm³/mol. The van der Waals surface area contributed by atoms with E-state index in [9.17, 15) is 4.79 Å². The topological polar surface area (TPSA) is 65.5 Å². The Morgan fingerprint density at radius 3 is 2.62 bits per heavy atom. The molecule has 1 amide bonds. The van der Waals surface area contributed by atoms with Gasteiger partial charge in [0, 0.05) is 30.0 Å². The molecule has 1 aliphatic rings. The number of amides is 1. The van der Waals surface area contributed by atoms with E-state index in [1.54, 1.807) is 7.05 Å². The molecule has 0 aliphatic heterocycles. The molecule has 0 unspecified atom stereocenters. The van der Waals surface area contributed by atoms with Crippen LogP contribution in [0, 0.1) is 0 Å². The zero-order chi connectivity index (χ0) is 16.7. The van der Waals surface area contributed by atoms with Crippen molar-refractivity contribution in [2.24, 2.45) is 4.99 Å². The SMILES string of the molecule is CCCNC(=O)CNC(=NC)NCC1(c2cccc(Br)c2)CC1.I. The summed E-state index contributed by atoms with van der Waals surface area (Å²) in [5, 5.41) is 9.24. The van der Waals surface area contributed by atoms with Crippen molar-refractivity contribution < 1.29 is 4.79 Å². The lowest BCUT2D eigenvalue weighted by Gasteiger charge is -2.19. The summed E-state index contributed by atoms with van der Waals surface area (Å²) in [4.78, 5) is 15.8. The van der Waals surface area contributed by atoms with Gasteiger partial charge in [0.25, 0.3) is 0 Å². The van der Waals surface area contributed by atoms with Crippen molar-refractivity contribution in [2.45, 2.75) is 31.6 Å². The molecular formula is C17H26BrIN4O. The highest BCUT2D eigenvalue weighted by molar-refractivity contribution is 14.0. The molecule has 2 rings (SSSR count). The quantitative estimate of drug-likeness (QED) is 0.301. The zero-order valence-corrected chi connectivity index (χ0v) is 18.1. The summed E-state index contributed by atoms with van der Waals surface area (Å²) in [5.74, 6) is 0.654. The maximum atomic E-state index is 11.6. The first kappa shape index (κ1) is 21.2. The lowest BCUT2D eigenvalue weighted by atomic mass is 9.96. The lowest BCUT2D eigenvalue weighted by molar-refractivity contribution is -0.120. The molecule has 0 radical (unpaired) electrons. The average Bonchev–Trinajstić information content (AvgIpc) is 3.34. The fraction of sp³-hybridized carbons (Fsp3) is 0.529. The monoisotopic (exact) mass is 508 g/mol. The number of carbonyl (C=O) groups excluding carboxylic acids is 1. The molecule has 3 N–H and O–H groups in total. The first-order valence-electron chi connectivity index (χ1n) is 8.07. The number of guanidine groups is 1. The third-order valence-electron chi connectivity index (χ3n) is 4.10. The second kappa shape index (κ2) is 10.2. The summed E-state index contributed by atoms with van der Waals surface area (Å²) >= 11 is 3.54. The van der Waals surface area contributed by atoms with Crippen LogP contribution in [0.5, 0.6) is 0 Å². The highest BCUT2D eigenvalue weighted by atomic mass is 127. The Balaban J connectivity index is 0.00000288. The van der Waals surface area contributed by atoms with Gasteiger partial charge in [-0.25, -0.2) is 0 Å². The van der Waals surface area contributed by atoms with Gasteiger partial charge in [-0.2, -0.15) is 0 Å². The van der Waals surface area contributed by atoms with E-state index in [4.69, 9.17) is 0 Å². The van der Waals surface area contributed by atoms with Crippen LogP contribution >= 0.6 is 39.9 Å². The van der Waals surface area contributed by atoms with Crippen LogP contribution in [0.3, 0.4) is 0 Å². The van der Waals surface area contributed by atoms with E-state index in [1.165, 1.54) is 18.4 Å². The van der Waals surface area contributed by atoms with E-state index in [2.05, 4.69) is 55.1 Å². The molecule has 5 nitrogen and oxygen atoms in total. The maximum absolute atomic E-state index is 11.6. The Morgan fingerprint density at radius 1 is 1.29 bits per heavy atom. The van der Waals surface area contributed by atoms with Gasteiger partial charge in [0.2, 0.25) is 5.91 Å². The standard InChI is InChI=1S/C17H25BrN4O.HI/c1-3-9-20-15(23)11-21-16(19-2)22-12-17(7-8-17)13-5-4-6-14(18)10-13;/h4-6,10H,3,7-9,11-12H2,1-2H3,(H,20,23)(H2,19,21,22);1H. The van der Waals surface area contributed by atoms with Crippen LogP contribution in [0.15, 0.2) is 33.7 Å². The van der Waals surface area contributed by atoms with E-state index in [-0.39, 0.29) is 41.8 Å². The van der Waals surface area contributed by atoms with Gasteiger partial charge >= 0.3 is 0 Å². The van der Waals surface area contributed by atoms with Crippen molar-refractivity contribution in [3.63, 3.8) is 0 Å². The van der Waals surface area contributed by atoms with Gasteiger partial charge in [-0.1, -0.05) is 35.0 Å². The molecule has 7 heteroatoms. The molecule has 1 aromatic rings. The van der Waals surface area contributed by atoms with Gasteiger partial charge < -0.3 is 16.0 Å². The summed E-state index contributed by atoms with van der Waals surface area (Å²) < 4.78 is 1.11. The minimum Gasteiger partial charge on any atom is -0.356 e. The van der Waals surface area contributed by atoms with E-state index in [0.29, 0.717) is 12.5 Å². The Kier molecular flexibility index (Phi) is 9.04. The van der Waals surface area contributed by atoms with Gasteiger partial charge in [-0.3, -0.25) is 9.79 Å². The molecule has 0 spiro atoms. The van der Waals surface area contributed by atoms with Gasteiger partial charge in [-0.05, 0) is 37.0 Å². The number of hydrogen-bond donors (Lipinski definition) is 3. The molecule has 1 aliphatic carbocycles. The molecule has 0 atom stereocenters. The summed E-state index contributed by atoms with van der Waals surface area (Å²) in [7, 11) is 1.72. The van der Waals surface area contributed by atoms with Crippen molar-refractivity contribution in [2.75, 3.05) is 26.7 Å². The summed E-state index contributed by atoms with van der Waals surface area (Å²) in [6.45, 7) is 3.80. The number of carbonyl (C=O) groups is 1. The Bertz CT molecular complexity index is 575. The third kappa shape index (κ3) is 6.23. The Hall–Kier alpha value is -0.830. The van der Waals surface area contributed by atoms with Gasteiger partial charge in [0.05, 0.1) is 6.54 Å². The number of nitrogens with one attached hydrogen (secondary N) is 3. The molecule has 1 aromatic carbocycles. The van der Waals surface area contributed by atoms with Gasteiger partial charge in [0.15, 0.2) is 5.96 Å². The smallest absolute Gasteiger partial charge is 0.239 e.